The van der Waals surface area contributed by atoms with Crippen molar-refractivity contribution in [1.29, 1.82) is 0 Å². The predicted molar refractivity (Wildman–Crippen MR) is 86.5 cm³/mol. The molecular weight excluding hydrogens is 308 g/mol. The van der Waals surface area contributed by atoms with Crippen molar-refractivity contribution >= 4 is 5.91 Å². The van der Waals surface area contributed by atoms with Crippen LogP contribution in [0.1, 0.15) is 34.7 Å². The van der Waals surface area contributed by atoms with E-state index >= 15 is 0 Å². The van der Waals surface area contributed by atoms with Gasteiger partial charge in [-0.25, -0.2) is 0 Å². The first-order valence-corrected chi connectivity index (χ1v) is 8.34. The first-order chi connectivity index (χ1) is 11.7. The third kappa shape index (κ3) is 2.72. The van der Waals surface area contributed by atoms with Crippen LogP contribution >= 0.6 is 0 Å². The summed E-state index contributed by atoms with van der Waals surface area (Å²) in [5, 5.41) is 4.06. The molecule has 6 nitrogen and oxygen atoms in total. The lowest BCUT2D eigenvalue weighted by Crippen LogP contribution is -2.42. The van der Waals surface area contributed by atoms with E-state index in [0.717, 1.165) is 42.7 Å². The molecule has 2 heterocycles. The van der Waals surface area contributed by atoms with E-state index in [-0.39, 0.29) is 12.0 Å². The number of hydrogen-bond acceptors (Lipinski definition) is 5. The van der Waals surface area contributed by atoms with Crippen LogP contribution in [0.5, 0.6) is 11.5 Å². The molecule has 24 heavy (non-hydrogen) atoms. The quantitative estimate of drug-likeness (QED) is 0.866. The van der Waals surface area contributed by atoms with E-state index in [1.165, 1.54) is 0 Å². The summed E-state index contributed by atoms with van der Waals surface area (Å²) in [7, 11) is 1.75. The van der Waals surface area contributed by atoms with Gasteiger partial charge < -0.3 is 18.9 Å². The minimum atomic E-state index is -0.201. The maximum absolute atomic E-state index is 12.7. The molecule has 6 heteroatoms. The summed E-state index contributed by atoms with van der Waals surface area (Å²) in [6.07, 6.45) is 3.74. The molecule has 2 aromatic rings. The van der Waals surface area contributed by atoms with E-state index in [0.29, 0.717) is 24.7 Å². The lowest BCUT2D eigenvalue weighted by atomic mass is 9.96. The number of rotatable bonds is 3. The van der Waals surface area contributed by atoms with Crippen LogP contribution in [0.25, 0.3) is 0 Å². The number of fused-ring (bicyclic) bond motifs is 2. The van der Waals surface area contributed by atoms with Crippen LogP contribution in [0.15, 0.2) is 28.8 Å². The Balaban J connectivity index is 1.44. The number of nitrogens with zero attached hydrogens (tertiary/aromatic N) is 2. The molecule has 1 aromatic heterocycles. The highest BCUT2D eigenvalue weighted by atomic mass is 16.6. The Morgan fingerprint density at radius 3 is 2.92 bits per heavy atom. The van der Waals surface area contributed by atoms with E-state index < -0.39 is 0 Å². The maximum Gasteiger partial charge on any atom is 0.292 e. The summed E-state index contributed by atoms with van der Waals surface area (Å²) >= 11 is 0. The molecule has 1 amide bonds. The molecule has 126 valence electrons. The zero-order valence-electron chi connectivity index (χ0n) is 13.7. The molecule has 0 radical (unpaired) electrons. The monoisotopic (exact) mass is 328 g/mol. The molecule has 1 atom stereocenters. The van der Waals surface area contributed by atoms with Crippen molar-refractivity contribution in [3.05, 3.63) is 41.3 Å². The Morgan fingerprint density at radius 1 is 1.25 bits per heavy atom. The van der Waals surface area contributed by atoms with Crippen LogP contribution in [0.4, 0.5) is 0 Å². The highest BCUT2D eigenvalue weighted by Crippen LogP contribution is 2.31. The number of amides is 1. The van der Waals surface area contributed by atoms with Gasteiger partial charge in [0.1, 0.15) is 6.61 Å². The SMILES string of the molecule is CN(CC1COc2ccccc2O1)C(=O)c1onc2c1CCCC2. The van der Waals surface area contributed by atoms with E-state index in [1.54, 1.807) is 11.9 Å². The Kier molecular flexibility index (Phi) is 3.88. The second-order valence-corrected chi connectivity index (χ2v) is 6.33. The van der Waals surface area contributed by atoms with Gasteiger partial charge in [-0.2, -0.15) is 0 Å². The maximum atomic E-state index is 12.7. The summed E-state index contributed by atoms with van der Waals surface area (Å²) in [6.45, 7) is 0.853. The number of aromatic nitrogens is 1. The summed E-state index contributed by atoms with van der Waals surface area (Å²) in [5.41, 5.74) is 1.91. The highest BCUT2D eigenvalue weighted by Gasteiger charge is 2.29. The fraction of sp³-hybridized carbons (Fsp3) is 0.444. The van der Waals surface area contributed by atoms with Gasteiger partial charge in [-0.15, -0.1) is 0 Å². The van der Waals surface area contributed by atoms with Crippen LogP contribution in [0, 0.1) is 0 Å². The number of aryl methyl sites for hydroxylation is 1. The summed E-state index contributed by atoms with van der Waals surface area (Å²) in [4.78, 5) is 14.3. The van der Waals surface area contributed by atoms with Crippen molar-refractivity contribution in [2.24, 2.45) is 0 Å². The van der Waals surface area contributed by atoms with Gasteiger partial charge in [0, 0.05) is 12.6 Å². The standard InChI is InChI=1S/C18H20N2O4/c1-20(10-12-11-22-15-8-4-5-9-16(15)23-12)18(21)17-13-6-2-3-7-14(13)19-24-17/h4-5,8-9,12H,2-3,6-7,10-11H2,1H3. The molecule has 0 spiro atoms. The number of carbonyl (C=O) groups is 1. The van der Waals surface area contributed by atoms with E-state index in [4.69, 9.17) is 14.0 Å². The fourth-order valence-corrected chi connectivity index (χ4v) is 3.27. The molecule has 1 aliphatic heterocycles. The molecule has 1 unspecified atom stereocenters. The second kappa shape index (κ2) is 6.19. The largest absolute Gasteiger partial charge is 0.486 e. The lowest BCUT2D eigenvalue weighted by Gasteiger charge is -2.29. The van der Waals surface area contributed by atoms with Crippen LogP contribution in [-0.2, 0) is 12.8 Å². The molecule has 1 aromatic carbocycles. The Hall–Kier alpha value is -2.50. The topological polar surface area (TPSA) is 64.8 Å². The molecule has 0 N–H and O–H groups in total. The van der Waals surface area contributed by atoms with Crippen molar-refractivity contribution in [3.63, 3.8) is 0 Å². The Bertz CT molecular complexity index is 755. The molecule has 4 rings (SSSR count). The number of ether oxygens (including phenoxy) is 2. The highest BCUT2D eigenvalue weighted by molar-refractivity contribution is 5.93. The first kappa shape index (κ1) is 15.1. The van der Waals surface area contributed by atoms with Gasteiger partial charge in [0.2, 0.25) is 5.76 Å². The minimum absolute atomic E-state index is 0.145. The minimum Gasteiger partial charge on any atom is -0.486 e. The van der Waals surface area contributed by atoms with Gasteiger partial charge >= 0.3 is 0 Å². The third-order valence-corrected chi connectivity index (χ3v) is 4.55. The summed E-state index contributed by atoms with van der Waals surface area (Å²) in [5.74, 6) is 1.69. The van der Waals surface area contributed by atoms with E-state index in [9.17, 15) is 4.79 Å². The molecule has 0 saturated carbocycles. The molecule has 0 bridgehead atoms. The average Bonchev–Trinajstić information content (AvgIpc) is 3.05. The van der Waals surface area contributed by atoms with E-state index in [1.807, 2.05) is 24.3 Å². The first-order valence-electron chi connectivity index (χ1n) is 8.34. The van der Waals surface area contributed by atoms with Gasteiger partial charge in [0.15, 0.2) is 17.6 Å². The fourth-order valence-electron chi connectivity index (χ4n) is 3.27. The van der Waals surface area contributed by atoms with Crippen molar-refractivity contribution in [2.45, 2.75) is 31.8 Å². The van der Waals surface area contributed by atoms with Gasteiger partial charge in [0.05, 0.1) is 12.2 Å². The second-order valence-electron chi connectivity index (χ2n) is 6.33. The summed E-state index contributed by atoms with van der Waals surface area (Å²) < 4.78 is 16.9. The third-order valence-electron chi connectivity index (χ3n) is 4.55. The van der Waals surface area contributed by atoms with Crippen molar-refractivity contribution < 1.29 is 18.8 Å². The molecule has 0 saturated heterocycles. The number of carbonyl (C=O) groups excluding carboxylic acids is 1. The Labute approximate surface area is 140 Å². The van der Waals surface area contributed by atoms with Gasteiger partial charge in [0.25, 0.3) is 5.91 Å². The molecule has 2 aliphatic rings. The number of benzene rings is 1. The van der Waals surface area contributed by atoms with Crippen molar-refractivity contribution in [2.75, 3.05) is 20.2 Å². The van der Waals surface area contributed by atoms with Crippen molar-refractivity contribution in [3.8, 4) is 11.5 Å². The Morgan fingerprint density at radius 2 is 2.04 bits per heavy atom. The molecule has 1 aliphatic carbocycles. The number of hydrogen-bond donors (Lipinski definition) is 0. The zero-order valence-corrected chi connectivity index (χ0v) is 13.7. The zero-order chi connectivity index (χ0) is 16.5. The van der Waals surface area contributed by atoms with Gasteiger partial charge in [-0.1, -0.05) is 17.3 Å². The van der Waals surface area contributed by atoms with Crippen LogP contribution in [0.2, 0.25) is 0 Å². The normalized spacial score (nSPS) is 18.8. The molecule has 0 fully saturated rings. The van der Waals surface area contributed by atoms with Crippen LogP contribution in [0.3, 0.4) is 0 Å². The van der Waals surface area contributed by atoms with Crippen LogP contribution < -0.4 is 9.47 Å². The average molecular weight is 328 g/mol. The number of likely N-dealkylation sites (N-methyl/N-ethyl adjacent to an activating group) is 1. The summed E-state index contributed by atoms with van der Waals surface area (Å²) in [6, 6.07) is 7.56. The van der Waals surface area contributed by atoms with Gasteiger partial charge in [-0.3, -0.25) is 4.79 Å². The number of para-hydroxylation sites is 2. The smallest absolute Gasteiger partial charge is 0.292 e. The predicted octanol–water partition coefficient (Wildman–Crippen LogP) is 2.47. The van der Waals surface area contributed by atoms with Crippen molar-refractivity contribution in [1.82, 2.24) is 10.1 Å². The van der Waals surface area contributed by atoms with Gasteiger partial charge in [-0.05, 0) is 37.8 Å². The molecular formula is C18H20N2O4. The lowest BCUT2D eigenvalue weighted by molar-refractivity contribution is 0.0495. The van der Waals surface area contributed by atoms with E-state index in [2.05, 4.69) is 5.16 Å². The van der Waals surface area contributed by atoms with Crippen LogP contribution in [-0.4, -0.2) is 42.3 Å².